The van der Waals surface area contributed by atoms with Crippen LogP contribution in [0.15, 0.2) is 18.2 Å². The first kappa shape index (κ1) is 33.0. The quantitative estimate of drug-likeness (QED) is 0.256. The molecule has 0 bridgehead atoms. The molecule has 0 aliphatic heterocycles. The van der Waals surface area contributed by atoms with Crippen molar-refractivity contribution in [3.8, 4) is 0 Å². The number of amides is 1. The van der Waals surface area contributed by atoms with Gasteiger partial charge in [0.15, 0.2) is 0 Å². The van der Waals surface area contributed by atoms with Crippen LogP contribution in [0.25, 0.3) is 0 Å². The number of carbonyl (C=O) groups is 1. The number of aryl methyl sites for hydroxylation is 3. The van der Waals surface area contributed by atoms with Crippen molar-refractivity contribution in [3.05, 3.63) is 53.5 Å². The number of allylic oxidation sites excluding steroid dienone is 1. The van der Waals surface area contributed by atoms with Crippen LogP contribution in [0.5, 0.6) is 0 Å². The Balaban J connectivity index is -0.000000192. The normalized spacial score (nSPS) is 8.33. The van der Waals surface area contributed by atoms with Crippen molar-refractivity contribution < 1.29 is 112 Å². The van der Waals surface area contributed by atoms with Crippen LogP contribution in [0, 0.1) is 19.9 Å². The topological polar surface area (TPSA) is 46.2 Å². The van der Waals surface area contributed by atoms with E-state index in [1.807, 2.05) is 0 Å². The standard InChI is InChI=1S/C14H16O.C3H6NO.CHS.2K/c1-4-12-10-13(5-2)14(7-6-8-15)9-11(12)3;1-3(5)4-2;1-2;;/h6,9-10H,4-5H2,1-3H3;1H2,2H3,(H,4,5);1H;;/q-2;2*-1;2*+1. The minimum atomic E-state index is -0.245. The van der Waals surface area contributed by atoms with Crippen LogP contribution >= 0.6 is 12.2 Å². The molecule has 0 atom stereocenters. The molecule has 0 heterocycles. The van der Waals surface area contributed by atoms with Gasteiger partial charge in [-0.3, -0.25) is 11.6 Å². The summed E-state index contributed by atoms with van der Waals surface area (Å²) < 4.78 is 0. The zero-order valence-corrected chi connectivity index (χ0v) is 22.7. The number of rotatable bonds is 4. The summed E-state index contributed by atoms with van der Waals surface area (Å²) in [5.74, 6) is 3.84. The van der Waals surface area contributed by atoms with E-state index in [1.165, 1.54) is 29.8 Å². The number of thiocarbonyl (C=S) groups is 1. The van der Waals surface area contributed by atoms with Crippen molar-refractivity contribution in [1.82, 2.24) is 5.32 Å². The molecule has 0 aliphatic rings. The number of carbonyl (C=O) groups excluding carboxylic acids is 2. The van der Waals surface area contributed by atoms with E-state index in [4.69, 9.17) is 0 Å². The van der Waals surface area contributed by atoms with E-state index >= 15 is 0 Å². The molecular weight excluding hydrogens is 372 g/mol. The molecule has 0 spiro atoms. The van der Waals surface area contributed by atoms with E-state index in [0.29, 0.717) is 0 Å². The second-order valence-electron chi connectivity index (χ2n) is 4.22. The van der Waals surface area contributed by atoms with E-state index in [1.54, 1.807) is 6.29 Å². The number of hydrogen-bond acceptors (Lipinski definition) is 3. The third kappa shape index (κ3) is 15.6. The second-order valence-corrected chi connectivity index (χ2v) is 4.22. The predicted molar refractivity (Wildman–Crippen MR) is 95.6 cm³/mol. The molecule has 1 rings (SSSR count). The van der Waals surface area contributed by atoms with Crippen LogP contribution in [-0.2, 0) is 22.4 Å². The molecule has 1 aromatic rings. The summed E-state index contributed by atoms with van der Waals surface area (Å²) in [5, 5.41) is 2.28. The maximum atomic E-state index is 10.1. The Morgan fingerprint density at radius 2 is 1.71 bits per heavy atom. The molecule has 0 saturated heterocycles. The second kappa shape index (κ2) is 22.4. The molecule has 0 unspecified atom stereocenters. The van der Waals surface area contributed by atoms with Gasteiger partial charge in [0.2, 0.25) is 0 Å². The maximum Gasteiger partial charge on any atom is 1.00 e. The van der Waals surface area contributed by atoms with Crippen molar-refractivity contribution in [2.24, 2.45) is 0 Å². The third-order valence-electron chi connectivity index (χ3n) is 2.89. The molecule has 1 amide bonds. The molecule has 1 N–H and O–H groups in total. The fraction of sp³-hybridized carbons (Fsp3) is 0.333. The molecule has 6 heteroatoms. The number of nitrogens with one attached hydrogen (secondary N) is 1. The largest absolute Gasteiger partial charge is 1.00 e. The fourth-order valence-electron chi connectivity index (χ4n) is 1.72. The monoisotopic (exact) mass is 395 g/mol. The zero-order chi connectivity index (χ0) is 17.5. The van der Waals surface area contributed by atoms with E-state index < -0.39 is 0 Å². The molecular formula is C18H23K2NO2S-2. The van der Waals surface area contributed by atoms with Gasteiger partial charge in [-0.1, -0.05) is 32.8 Å². The Bertz CT molecular complexity index is 506. The predicted octanol–water partition coefficient (Wildman–Crippen LogP) is -3.00. The van der Waals surface area contributed by atoms with Gasteiger partial charge in [0, 0.05) is 7.05 Å². The van der Waals surface area contributed by atoms with E-state index in [-0.39, 0.29) is 109 Å². The molecule has 122 valence electrons. The van der Waals surface area contributed by atoms with Crippen LogP contribution in [0.2, 0.25) is 0 Å². The van der Waals surface area contributed by atoms with Crippen molar-refractivity contribution in [2.75, 3.05) is 7.05 Å². The Kier molecular flexibility index (Phi) is 30.7. The summed E-state index contributed by atoms with van der Waals surface area (Å²) in [7, 11) is 1.54. The van der Waals surface area contributed by atoms with Gasteiger partial charge in [-0.25, -0.2) is 17.7 Å². The van der Waals surface area contributed by atoms with Crippen LogP contribution in [-0.4, -0.2) is 25.1 Å². The van der Waals surface area contributed by atoms with Crippen LogP contribution in [0.1, 0.15) is 36.1 Å². The Labute approximate surface area is 237 Å². The van der Waals surface area contributed by atoms with E-state index in [2.05, 4.69) is 69.3 Å². The summed E-state index contributed by atoms with van der Waals surface area (Å²) in [6, 6.07) is 4.29. The van der Waals surface area contributed by atoms with Crippen molar-refractivity contribution >= 4 is 30.3 Å². The van der Waals surface area contributed by atoms with Gasteiger partial charge < -0.3 is 39.9 Å². The Morgan fingerprint density at radius 1 is 1.25 bits per heavy atom. The molecule has 0 saturated carbocycles. The summed E-state index contributed by atoms with van der Waals surface area (Å²) in [4.78, 5) is 19.7. The Hall–Kier alpha value is 1.33. The van der Waals surface area contributed by atoms with Crippen LogP contribution < -0.4 is 108 Å². The van der Waals surface area contributed by atoms with Gasteiger partial charge in [0.1, 0.15) is 0 Å². The molecule has 0 aromatic heterocycles. The van der Waals surface area contributed by atoms with Crippen molar-refractivity contribution in [3.63, 3.8) is 0 Å². The minimum absolute atomic E-state index is 0. The summed E-state index contributed by atoms with van der Waals surface area (Å²) in [5.41, 5.74) is 4.88. The van der Waals surface area contributed by atoms with Gasteiger partial charge >= 0.3 is 103 Å². The molecule has 0 fully saturated rings. The molecule has 3 nitrogen and oxygen atoms in total. The summed E-state index contributed by atoms with van der Waals surface area (Å²) in [6.45, 7) is 9.36. The van der Waals surface area contributed by atoms with Gasteiger partial charge in [-0.05, 0) is 12.7 Å². The molecule has 1 aromatic carbocycles. The number of benzene rings is 1. The molecule has 24 heavy (non-hydrogen) atoms. The summed E-state index contributed by atoms with van der Waals surface area (Å²) in [6.07, 6.45) is 8.00. The van der Waals surface area contributed by atoms with E-state index in [9.17, 15) is 9.59 Å². The van der Waals surface area contributed by atoms with Crippen LogP contribution in [0.3, 0.4) is 0 Å². The third-order valence-corrected chi connectivity index (χ3v) is 2.89. The van der Waals surface area contributed by atoms with Gasteiger partial charge in [-0.2, -0.15) is 0 Å². The van der Waals surface area contributed by atoms with Gasteiger partial charge in [-0.15, -0.1) is 11.6 Å². The average molecular weight is 396 g/mol. The van der Waals surface area contributed by atoms with Crippen molar-refractivity contribution in [1.29, 1.82) is 0 Å². The van der Waals surface area contributed by atoms with Gasteiger partial charge in [0.25, 0.3) is 0 Å². The molecule has 0 radical (unpaired) electrons. The zero-order valence-electron chi connectivity index (χ0n) is 15.7. The first-order valence-corrected chi connectivity index (χ1v) is 7.32. The first-order chi connectivity index (χ1) is 10.5. The SMILES string of the molecule is CCc1cc(CC)c([C-]=C[C-]=O)cc1C.[CH-]=S.[CH2-]C(=O)NC.[K+].[K+]. The average Bonchev–Trinajstić information content (AvgIpc) is 2.55. The molecule has 0 aliphatic carbocycles. The number of hydrogen-bond donors (Lipinski definition) is 1. The van der Waals surface area contributed by atoms with E-state index in [0.717, 1.165) is 18.4 Å². The van der Waals surface area contributed by atoms with Gasteiger partial charge in [0.05, 0.1) is 5.91 Å². The van der Waals surface area contributed by atoms with Crippen molar-refractivity contribution in [2.45, 2.75) is 33.6 Å². The first-order valence-electron chi connectivity index (χ1n) is 6.85. The minimum Gasteiger partial charge on any atom is -0.442 e. The van der Waals surface area contributed by atoms with Crippen LogP contribution in [0.4, 0.5) is 0 Å². The Morgan fingerprint density at radius 3 is 2.04 bits per heavy atom. The smallest absolute Gasteiger partial charge is 0.442 e. The summed E-state index contributed by atoms with van der Waals surface area (Å²) >= 11 is 3.58. The maximum absolute atomic E-state index is 10.1. The fourth-order valence-corrected chi connectivity index (χ4v) is 1.72.